The molecule has 4 N–H and O–H groups in total. The summed E-state index contributed by atoms with van der Waals surface area (Å²) in [5, 5.41) is 8.23. The van der Waals surface area contributed by atoms with Gasteiger partial charge in [-0.05, 0) is 5.92 Å². The van der Waals surface area contributed by atoms with E-state index in [-0.39, 0.29) is 24.7 Å². The number of carbonyl (C=O) groups is 2. The van der Waals surface area contributed by atoms with Gasteiger partial charge >= 0.3 is 0 Å². The van der Waals surface area contributed by atoms with Crippen LogP contribution in [0.3, 0.4) is 0 Å². The SMILES string of the molecule is CC(C)c1cnc(NC(=O)Cc2csc(NC(=O)CCN)n2)s1. The van der Waals surface area contributed by atoms with Gasteiger partial charge in [0.05, 0.1) is 12.1 Å². The Hall–Kier alpha value is -1.84. The molecule has 0 atom stereocenters. The second kappa shape index (κ2) is 8.14. The van der Waals surface area contributed by atoms with Crippen LogP contribution in [0, 0.1) is 0 Å². The molecule has 124 valence electrons. The number of nitrogens with one attached hydrogen (secondary N) is 2. The van der Waals surface area contributed by atoms with Crippen molar-refractivity contribution in [3.05, 3.63) is 22.1 Å². The highest BCUT2D eigenvalue weighted by Gasteiger charge is 2.12. The van der Waals surface area contributed by atoms with E-state index in [0.717, 1.165) is 4.88 Å². The maximum absolute atomic E-state index is 12.0. The van der Waals surface area contributed by atoms with E-state index in [4.69, 9.17) is 5.73 Å². The summed E-state index contributed by atoms with van der Waals surface area (Å²) in [6, 6.07) is 0. The lowest BCUT2D eigenvalue weighted by atomic mass is 10.2. The Morgan fingerprint density at radius 2 is 2.00 bits per heavy atom. The molecule has 0 fully saturated rings. The van der Waals surface area contributed by atoms with Gasteiger partial charge in [-0.25, -0.2) is 9.97 Å². The Morgan fingerprint density at radius 1 is 1.26 bits per heavy atom. The highest BCUT2D eigenvalue weighted by Crippen LogP contribution is 2.25. The van der Waals surface area contributed by atoms with Crippen molar-refractivity contribution in [2.24, 2.45) is 5.73 Å². The normalized spacial score (nSPS) is 10.8. The molecule has 0 radical (unpaired) electrons. The van der Waals surface area contributed by atoms with Gasteiger partial charge in [0.25, 0.3) is 0 Å². The lowest BCUT2D eigenvalue weighted by Crippen LogP contribution is -2.16. The minimum atomic E-state index is -0.181. The third-order valence-electron chi connectivity index (χ3n) is 2.85. The van der Waals surface area contributed by atoms with E-state index in [1.807, 2.05) is 0 Å². The summed E-state index contributed by atoms with van der Waals surface area (Å²) in [6.07, 6.45) is 2.16. The van der Waals surface area contributed by atoms with E-state index in [1.54, 1.807) is 11.6 Å². The van der Waals surface area contributed by atoms with Crippen molar-refractivity contribution in [3.8, 4) is 0 Å². The van der Waals surface area contributed by atoms with Gasteiger partial charge in [0, 0.05) is 29.4 Å². The van der Waals surface area contributed by atoms with E-state index < -0.39 is 0 Å². The average molecular weight is 353 g/mol. The van der Waals surface area contributed by atoms with Crippen LogP contribution in [0.25, 0.3) is 0 Å². The Morgan fingerprint density at radius 3 is 2.65 bits per heavy atom. The quantitative estimate of drug-likeness (QED) is 0.707. The summed E-state index contributed by atoms with van der Waals surface area (Å²) in [7, 11) is 0. The molecule has 23 heavy (non-hydrogen) atoms. The summed E-state index contributed by atoms with van der Waals surface area (Å²) < 4.78 is 0. The predicted octanol–water partition coefficient (Wildman–Crippen LogP) is 2.19. The Balaban J connectivity index is 1.87. The van der Waals surface area contributed by atoms with E-state index in [0.29, 0.717) is 28.4 Å². The largest absolute Gasteiger partial charge is 0.330 e. The van der Waals surface area contributed by atoms with Crippen molar-refractivity contribution in [2.75, 3.05) is 17.2 Å². The highest BCUT2D eigenvalue weighted by atomic mass is 32.1. The molecule has 0 saturated carbocycles. The molecule has 2 amide bonds. The van der Waals surface area contributed by atoms with Gasteiger partial charge in [-0.2, -0.15) is 0 Å². The highest BCUT2D eigenvalue weighted by molar-refractivity contribution is 7.15. The molecule has 9 heteroatoms. The fourth-order valence-electron chi connectivity index (χ4n) is 1.70. The lowest BCUT2D eigenvalue weighted by molar-refractivity contribution is -0.116. The van der Waals surface area contributed by atoms with Crippen molar-refractivity contribution < 1.29 is 9.59 Å². The van der Waals surface area contributed by atoms with Crippen LogP contribution in [0.4, 0.5) is 10.3 Å². The van der Waals surface area contributed by atoms with Gasteiger partial charge in [0.15, 0.2) is 10.3 Å². The molecule has 0 bridgehead atoms. The molecule has 0 aromatic carbocycles. The van der Waals surface area contributed by atoms with Gasteiger partial charge in [-0.1, -0.05) is 13.8 Å². The molecule has 0 spiro atoms. The zero-order valence-electron chi connectivity index (χ0n) is 13.0. The molecule has 0 saturated heterocycles. The van der Waals surface area contributed by atoms with Crippen LogP contribution < -0.4 is 16.4 Å². The van der Waals surface area contributed by atoms with Crippen molar-refractivity contribution >= 4 is 44.8 Å². The van der Waals surface area contributed by atoms with Crippen LogP contribution in [0.15, 0.2) is 11.6 Å². The first-order valence-electron chi connectivity index (χ1n) is 7.17. The molecule has 2 aromatic heterocycles. The third kappa shape index (κ3) is 5.38. The molecule has 0 aliphatic rings. The predicted molar refractivity (Wildman–Crippen MR) is 93.0 cm³/mol. The minimum Gasteiger partial charge on any atom is -0.330 e. The van der Waals surface area contributed by atoms with Gasteiger partial charge in [-0.15, -0.1) is 22.7 Å². The Labute approximate surface area is 142 Å². The molecule has 2 rings (SSSR count). The van der Waals surface area contributed by atoms with Gasteiger partial charge in [0.1, 0.15) is 0 Å². The molecular weight excluding hydrogens is 334 g/mol. The number of anilines is 2. The fraction of sp³-hybridized carbons (Fsp3) is 0.429. The summed E-state index contributed by atoms with van der Waals surface area (Å²) in [4.78, 5) is 33.0. The van der Waals surface area contributed by atoms with Crippen LogP contribution >= 0.6 is 22.7 Å². The number of nitrogens with zero attached hydrogens (tertiary/aromatic N) is 2. The van der Waals surface area contributed by atoms with E-state index in [2.05, 4.69) is 34.4 Å². The number of amides is 2. The summed E-state index contributed by atoms with van der Waals surface area (Å²) in [5.41, 5.74) is 5.92. The first-order valence-corrected chi connectivity index (χ1v) is 8.87. The van der Waals surface area contributed by atoms with E-state index in [9.17, 15) is 9.59 Å². The zero-order valence-corrected chi connectivity index (χ0v) is 14.6. The van der Waals surface area contributed by atoms with E-state index in [1.165, 1.54) is 22.7 Å². The second-order valence-electron chi connectivity index (χ2n) is 5.18. The molecular formula is C14H19N5O2S2. The molecule has 7 nitrogen and oxygen atoms in total. The molecule has 0 aliphatic heterocycles. The first-order chi connectivity index (χ1) is 11.0. The van der Waals surface area contributed by atoms with Crippen molar-refractivity contribution in [1.29, 1.82) is 0 Å². The number of nitrogens with two attached hydrogens (primary N) is 1. The molecule has 0 aliphatic carbocycles. The molecule has 2 aromatic rings. The zero-order chi connectivity index (χ0) is 16.8. The van der Waals surface area contributed by atoms with Crippen molar-refractivity contribution in [2.45, 2.75) is 32.6 Å². The number of rotatable bonds is 7. The smallest absolute Gasteiger partial charge is 0.232 e. The summed E-state index contributed by atoms with van der Waals surface area (Å²) in [5.74, 6) is 0.0259. The van der Waals surface area contributed by atoms with Gasteiger partial charge in [-0.3, -0.25) is 9.59 Å². The Bertz CT molecular complexity index is 680. The van der Waals surface area contributed by atoms with Gasteiger partial charge in [0.2, 0.25) is 11.8 Å². The summed E-state index contributed by atoms with van der Waals surface area (Å²) in [6.45, 7) is 4.45. The molecule has 2 heterocycles. The molecule has 0 unspecified atom stereocenters. The van der Waals surface area contributed by atoms with Crippen LogP contribution in [0.2, 0.25) is 0 Å². The van der Waals surface area contributed by atoms with E-state index >= 15 is 0 Å². The van der Waals surface area contributed by atoms with Gasteiger partial charge < -0.3 is 16.4 Å². The Kier molecular flexibility index (Phi) is 6.20. The minimum absolute atomic E-state index is 0.139. The van der Waals surface area contributed by atoms with Crippen LogP contribution in [0.1, 0.15) is 36.8 Å². The third-order valence-corrected chi connectivity index (χ3v) is 4.87. The second-order valence-corrected chi connectivity index (χ2v) is 7.10. The van der Waals surface area contributed by atoms with Crippen molar-refractivity contribution in [1.82, 2.24) is 9.97 Å². The lowest BCUT2D eigenvalue weighted by Gasteiger charge is -2.00. The van der Waals surface area contributed by atoms with Crippen molar-refractivity contribution in [3.63, 3.8) is 0 Å². The first kappa shape index (κ1) is 17.5. The number of hydrogen-bond donors (Lipinski definition) is 3. The number of hydrogen-bond acceptors (Lipinski definition) is 7. The maximum atomic E-state index is 12.0. The summed E-state index contributed by atoms with van der Waals surface area (Å²) >= 11 is 2.75. The number of thiazole rings is 2. The van der Waals surface area contributed by atoms with Crippen LogP contribution in [-0.2, 0) is 16.0 Å². The van der Waals surface area contributed by atoms with Crippen LogP contribution in [0.5, 0.6) is 0 Å². The monoisotopic (exact) mass is 353 g/mol. The number of carbonyl (C=O) groups excluding carboxylic acids is 2. The standard InChI is InChI=1S/C14H19N5O2S2/c1-8(2)10-6-16-13(23-10)19-12(21)5-9-7-22-14(17-9)18-11(20)3-4-15/h6-8H,3-5,15H2,1-2H3,(H,16,19,21)(H,17,18,20). The fourth-order valence-corrected chi connectivity index (χ4v) is 3.26. The van der Waals surface area contributed by atoms with Crippen LogP contribution in [-0.4, -0.2) is 28.3 Å². The maximum Gasteiger partial charge on any atom is 0.232 e. The topological polar surface area (TPSA) is 110 Å². The number of aromatic nitrogens is 2. The average Bonchev–Trinajstić information content (AvgIpc) is 3.09.